The molecule has 18 heavy (non-hydrogen) atoms. The van der Waals surface area contributed by atoms with E-state index in [-0.39, 0.29) is 27.3 Å². The third kappa shape index (κ3) is 2.40. The van der Waals surface area contributed by atoms with Gasteiger partial charge in [0.25, 0.3) is 0 Å². The number of fused-ring (bicyclic) bond motifs is 1. The van der Waals surface area contributed by atoms with Crippen LogP contribution in [-0.2, 0) is 6.18 Å². The second-order valence-corrected chi connectivity index (χ2v) is 4.59. The zero-order chi connectivity index (χ0) is 13.3. The van der Waals surface area contributed by atoms with Gasteiger partial charge in [-0.2, -0.15) is 13.2 Å². The fourth-order valence-electron chi connectivity index (χ4n) is 1.40. The van der Waals surface area contributed by atoms with Crippen molar-refractivity contribution in [2.24, 2.45) is 0 Å². The Bertz CT molecular complexity index is 564. The number of ether oxygens (including phenoxy) is 1. The fourth-order valence-corrected chi connectivity index (χ4v) is 2.26. The van der Waals surface area contributed by atoms with Crippen molar-refractivity contribution in [1.82, 2.24) is 4.98 Å². The molecule has 0 aliphatic heterocycles. The number of hydrogen-bond acceptors (Lipinski definition) is 3. The SMILES string of the molecule is CCCOc1ccc(F)c2sc(C(F)(F)F)nc12. The number of alkyl halides is 3. The van der Waals surface area contributed by atoms with Crippen LogP contribution in [0.15, 0.2) is 12.1 Å². The lowest BCUT2D eigenvalue weighted by molar-refractivity contribution is -0.137. The van der Waals surface area contributed by atoms with Crippen molar-refractivity contribution in [3.8, 4) is 5.75 Å². The highest BCUT2D eigenvalue weighted by Crippen LogP contribution is 2.39. The van der Waals surface area contributed by atoms with E-state index in [4.69, 9.17) is 4.74 Å². The second kappa shape index (κ2) is 4.72. The standard InChI is InChI=1S/C11H9F4NOS/c1-2-5-17-7-4-3-6(12)9-8(7)16-10(18-9)11(13,14)15/h3-4H,2,5H2,1H3. The maximum Gasteiger partial charge on any atom is 0.443 e. The van der Waals surface area contributed by atoms with Gasteiger partial charge in [0, 0.05) is 0 Å². The number of aromatic nitrogens is 1. The molecule has 7 heteroatoms. The molecule has 1 heterocycles. The Balaban J connectivity index is 2.55. The molecule has 0 amide bonds. The van der Waals surface area contributed by atoms with Gasteiger partial charge in [0.1, 0.15) is 17.1 Å². The first-order valence-corrected chi connectivity index (χ1v) is 6.04. The minimum atomic E-state index is -4.57. The molecule has 0 N–H and O–H groups in total. The molecule has 0 fully saturated rings. The number of benzene rings is 1. The summed E-state index contributed by atoms with van der Waals surface area (Å²) in [5, 5.41) is -1.07. The van der Waals surface area contributed by atoms with Gasteiger partial charge in [0.05, 0.1) is 11.3 Å². The Morgan fingerprint density at radius 3 is 2.67 bits per heavy atom. The Morgan fingerprint density at radius 1 is 1.33 bits per heavy atom. The topological polar surface area (TPSA) is 22.1 Å². The van der Waals surface area contributed by atoms with Crippen LogP contribution in [0.5, 0.6) is 5.75 Å². The zero-order valence-electron chi connectivity index (χ0n) is 9.34. The third-order valence-corrected chi connectivity index (χ3v) is 3.27. The van der Waals surface area contributed by atoms with E-state index in [1.807, 2.05) is 6.92 Å². The molecule has 0 unspecified atom stereocenters. The first kappa shape index (κ1) is 13.1. The number of thiazole rings is 1. The molecule has 2 aromatic rings. The number of halogens is 4. The molecule has 0 bridgehead atoms. The predicted octanol–water partition coefficient (Wildman–Crippen LogP) is 4.24. The van der Waals surface area contributed by atoms with Crippen molar-refractivity contribution in [3.63, 3.8) is 0 Å². The Hall–Kier alpha value is -1.37. The fraction of sp³-hybridized carbons (Fsp3) is 0.364. The van der Waals surface area contributed by atoms with E-state index in [0.29, 0.717) is 13.0 Å². The molecule has 1 aromatic carbocycles. The summed E-state index contributed by atoms with van der Waals surface area (Å²) in [5.41, 5.74) is -0.0687. The average Bonchev–Trinajstić information content (AvgIpc) is 2.74. The van der Waals surface area contributed by atoms with Gasteiger partial charge in [0.15, 0.2) is 5.01 Å². The van der Waals surface area contributed by atoms with Crippen LogP contribution in [0, 0.1) is 5.82 Å². The van der Waals surface area contributed by atoms with Crippen molar-refractivity contribution in [2.45, 2.75) is 19.5 Å². The van der Waals surface area contributed by atoms with E-state index in [0.717, 1.165) is 6.07 Å². The van der Waals surface area contributed by atoms with Crippen molar-refractivity contribution < 1.29 is 22.3 Å². The molecule has 2 rings (SSSR count). The molecule has 0 aliphatic carbocycles. The van der Waals surface area contributed by atoms with Crippen LogP contribution in [0.1, 0.15) is 18.4 Å². The average molecular weight is 279 g/mol. The van der Waals surface area contributed by atoms with Crippen molar-refractivity contribution in [2.75, 3.05) is 6.61 Å². The number of rotatable bonds is 3. The van der Waals surface area contributed by atoms with Crippen molar-refractivity contribution >= 4 is 21.6 Å². The van der Waals surface area contributed by atoms with Crippen LogP contribution in [0.2, 0.25) is 0 Å². The summed E-state index contributed by atoms with van der Waals surface area (Å²) in [6.07, 6.45) is -3.87. The lowest BCUT2D eigenvalue weighted by Gasteiger charge is -2.04. The van der Waals surface area contributed by atoms with Crippen LogP contribution in [0.4, 0.5) is 17.6 Å². The summed E-state index contributed by atoms with van der Waals surface area (Å²) in [4.78, 5) is 3.43. The summed E-state index contributed by atoms with van der Waals surface area (Å²) < 4.78 is 56.1. The predicted molar refractivity (Wildman–Crippen MR) is 60.4 cm³/mol. The molecular weight excluding hydrogens is 270 g/mol. The molecule has 0 saturated heterocycles. The van der Waals surface area contributed by atoms with E-state index >= 15 is 0 Å². The van der Waals surface area contributed by atoms with Gasteiger partial charge in [-0.1, -0.05) is 6.92 Å². The molecule has 0 radical (unpaired) electrons. The quantitative estimate of drug-likeness (QED) is 0.784. The van der Waals surface area contributed by atoms with Gasteiger partial charge in [-0.15, -0.1) is 11.3 Å². The molecule has 2 nitrogen and oxygen atoms in total. The van der Waals surface area contributed by atoms with Crippen LogP contribution in [-0.4, -0.2) is 11.6 Å². The minimum Gasteiger partial charge on any atom is -0.491 e. The maximum absolute atomic E-state index is 13.4. The highest BCUT2D eigenvalue weighted by Gasteiger charge is 2.35. The highest BCUT2D eigenvalue weighted by molar-refractivity contribution is 7.18. The third-order valence-electron chi connectivity index (χ3n) is 2.16. The lowest BCUT2D eigenvalue weighted by Crippen LogP contribution is -2.03. The highest BCUT2D eigenvalue weighted by atomic mass is 32.1. The Labute approximate surface area is 104 Å². The maximum atomic E-state index is 13.4. The van der Waals surface area contributed by atoms with E-state index in [2.05, 4.69) is 4.98 Å². The van der Waals surface area contributed by atoms with Gasteiger partial charge in [-0.3, -0.25) is 0 Å². The van der Waals surface area contributed by atoms with Crippen LogP contribution < -0.4 is 4.74 Å². The van der Waals surface area contributed by atoms with Crippen molar-refractivity contribution in [3.05, 3.63) is 23.0 Å². The van der Waals surface area contributed by atoms with E-state index in [1.165, 1.54) is 6.07 Å². The molecule has 0 atom stereocenters. The summed E-state index contributed by atoms with van der Waals surface area (Å²) >= 11 is 0.287. The second-order valence-electron chi connectivity index (χ2n) is 3.59. The molecule has 0 saturated carbocycles. The number of hydrogen-bond donors (Lipinski definition) is 0. The molecule has 0 spiro atoms. The van der Waals surface area contributed by atoms with Gasteiger partial charge >= 0.3 is 6.18 Å². The molecule has 98 valence electrons. The smallest absolute Gasteiger partial charge is 0.443 e. The Morgan fingerprint density at radius 2 is 2.06 bits per heavy atom. The van der Waals surface area contributed by atoms with E-state index in [9.17, 15) is 17.6 Å². The van der Waals surface area contributed by atoms with E-state index in [1.54, 1.807) is 0 Å². The summed E-state index contributed by atoms with van der Waals surface area (Å²) in [6, 6.07) is 2.39. The summed E-state index contributed by atoms with van der Waals surface area (Å²) in [6.45, 7) is 2.21. The summed E-state index contributed by atoms with van der Waals surface area (Å²) in [7, 11) is 0. The van der Waals surface area contributed by atoms with Gasteiger partial charge in [-0.05, 0) is 18.6 Å². The summed E-state index contributed by atoms with van der Waals surface area (Å²) in [5.74, 6) is -0.540. The number of nitrogens with zero attached hydrogens (tertiary/aromatic N) is 1. The normalized spacial score (nSPS) is 12.1. The molecule has 1 aromatic heterocycles. The van der Waals surface area contributed by atoms with Gasteiger partial charge in [0.2, 0.25) is 0 Å². The first-order chi connectivity index (χ1) is 8.43. The molecular formula is C11H9F4NOS. The van der Waals surface area contributed by atoms with Crippen LogP contribution in [0.25, 0.3) is 10.2 Å². The lowest BCUT2D eigenvalue weighted by atomic mass is 10.3. The van der Waals surface area contributed by atoms with Crippen LogP contribution in [0.3, 0.4) is 0 Å². The van der Waals surface area contributed by atoms with Crippen molar-refractivity contribution in [1.29, 1.82) is 0 Å². The van der Waals surface area contributed by atoms with Gasteiger partial charge in [-0.25, -0.2) is 9.37 Å². The minimum absolute atomic E-state index is 0.0687. The monoisotopic (exact) mass is 279 g/mol. The van der Waals surface area contributed by atoms with E-state index < -0.39 is 17.0 Å². The zero-order valence-corrected chi connectivity index (χ0v) is 10.2. The Kier molecular flexibility index (Phi) is 3.43. The van der Waals surface area contributed by atoms with Gasteiger partial charge < -0.3 is 4.74 Å². The molecule has 0 aliphatic rings. The largest absolute Gasteiger partial charge is 0.491 e. The first-order valence-electron chi connectivity index (χ1n) is 5.22. The van der Waals surface area contributed by atoms with Crippen LogP contribution >= 0.6 is 11.3 Å².